The summed E-state index contributed by atoms with van der Waals surface area (Å²) in [5.41, 5.74) is 1.04. The van der Waals surface area contributed by atoms with E-state index in [9.17, 15) is 9.59 Å². The van der Waals surface area contributed by atoms with Crippen LogP contribution in [-0.2, 0) is 11.2 Å². The molecule has 0 aliphatic carbocycles. The molecule has 1 aromatic heterocycles. The molecule has 1 aliphatic heterocycles. The molecule has 0 bridgehead atoms. The number of carbonyl (C=O) groups is 2. The Balaban J connectivity index is 1.61. The van der Waals surface area contributed by atoms with Gasteiger partial charge in [-0.1, -0.05) is 6.07 Å². The molecule has 0 radical (unpaired) electrons. The Kier molecular flexibility index (Phi) is 6.51. The van der Waals surface area contributed by atoms with Gasteiger partial charge in [-0.05, 0) is 36.2 Å². The lowest BCUT2D eigenvalue weighted by Gasteiger charge is -2.27. The summed E-state index contributed by atoms with van der Waals surface area (Å²) in [5.74, 6) is 2.35. The molecule has 8 heteroatoms. The van der Waals surface area contributed by atoms with Gasteiger partial charge in [0.15, 0.2) is 17.3 Å². The first-order chi connectivity index (χ1) is 13.5. The van der Waals surface area contributed by atoms with Gasteiger partial charge in [0.1, 0.15) is 6.04 Å². The molecule has 2 amide bonds. The topological polar surface area (TPSA) is 72.2 Å². The van der Waals surface area contributed by atoms with Gasteiger partial charge in [-0.15, -0.1) is 11.8 Å². The predicted molar refractivity (Wildman–Crippen MR) is 107 cm³/mol. The van der Waals surface area contributed by atoms with E-state index in [0.717, 1.165) is 5.56 Å². The number of amides is 2. The highest BCUT2D eigenvalue weighted by Crippen LogP contribution is 2.28. The molecular formula is C20H24N2O5S. The Morgan fingerprint density at radius 1 is 1.25 bits per heavy atom. The van der Waals surface area contributed by atoms with Gasteiger partial charge in [-0.3, -0.25) is 9.59 Å². The SMILES string of the molecule is COc1ccc(CCN(C)C(=O)C2CSCN2C(=O)c2ccco2)cc1OC. The third-order valence-electron chi connectivity index (χ3n) is 4.72. The zero-order valence-corrected chi connectivity index (χ0v) is 17.0. The summed E-state index contributed by atoms with van der Waals surface area (Å²) in [6, 6.07) is 8.54. The number of likely N-dealkylation sites (N-methyl/N-ethyl adjacent to an activating group) is 1. The smallest absolute Gasteiger partial charge is 0.290 e. The average molecular weight is 404 g/mol. The van der Waals surface area contributed by atoms with E-state index in [1.54, 1.807) is 55.0 Å². The van der Waals surface area contributed by atoms with Gasteiger partial charge in [-0.25, -0.2) is 0 Å². The number of benzene rings is 1. The first-order valence-electron chi connectivity index (χ1n) is 8.93. The molecule has 0 spiro atoms. The third kappa shape index (κ3) is 4.27. The average Bonchev–Trinajstić information content (AvgIpc) is 3.42. The third-order valence-corrected chi connectivity index (χ3v) is 5.73. The summed E-state index contributed by atoms with van der Waals surface area (Å²) in [7, 11) is 4.96. The van der Waals surface area contributed by atoms with Gasteiger partial charge in [0, 0.05) is 19.3 Å². The second kappa shape index (κ2) is 9.05. The summed E-state index contributed by atoms with van der Waals surface area (Å²) in [6.07, 6.45) is 2.14. The maximum absolute atomic E-state index is 12.9. The molecule has 1 unspecified atom stereocenters. The molecule has 2 aromatic rings. The number of nitrogens with zero attached hydrogens (tertiary/aromatic N) is 2. The van der Waals surface area contributed by atoms with Crippen LogP contribution in [0.4, 0.5) is 0 Å². The van der Waals surface area contributed by atoms with Crippen molar-refractivity contribution in [1.82, 2.24) is 9.80 Å². The predicted octanol–water partition coefficient (Wildman–Crippen LogP) is 2.51. The van der Waals surface area contributed by atoms with Crippen molar-refractivity contribution in [1.29, 1.82) is 0 Å². The fourth-order valence-corrected chi connectivity index (χ4v) is 4.23. The van der Waals surface area contributed by atoms with Gasteiger partial charge < -0.3 is 23.7 Å². The second-order valence-corrected chi connectivity index (χ2v) is 7.47. The van der Waals surface area contributed by atoms with Crippen molar-refractivity contribution >= 4 is 23.6 Å². The van der Waals surface area contributed by atoms with Crippen LogP contribution in [0.25, 0.3) is 0 Å². The fourth-order valence-electron chi connectivity index (χ4n) is 3.09. The van der Waals surface area contributed by atoms with Gasteiger partial charge in [-0.2, -0.15) is 0 Å². The molecule has 7 nitrogen and oxygen atoms in total. The van der Waals surface area contributed by atoms with E-state index >= 15 is 0 Å². The Morgan fingerprint density at radius 2 is 2.04 bits per heavy atom. The normalized spacial score (nSPS) is 16.1. The van der Waals surface area contributed by atoms with E-state index in [0.29, 0.717) is 36.1 Å². The molecule has 2 heterocycles. The van der Waals surface area contributed by atoms with E-state index < -0.39 is 6.04 Å². The monoisotopic (exact) mass is 404 g/mol. The number of rotatable bonds is 7. The molecule has 0 saturated carbocycles. The molecule has 1 fully saturated rings. The van der Waals surface area contributed by atoms with Crippen molar-refractivity contribution in [3.63, 3.8) is 0 Å². The Morgan fingerprint density at radius 3 is 2.71 bits per heavy atom. The van der Waals surface area contributed by atoms with Crippen molar-refractivity contribution in [3.05, 3.63) is 47.9 Å². The Hall–Kier alpha value is -2.61. The lowest BCUT2D eigenvalue weighted by atomic mass is 10.1. The number of thioether (sulfide) groups is 1. The van der Waals surface area contributed by atoms with Gasteiger partial charge >= 0.3 is 0 Å². The van der Waals surface area contributed by atoms with E-state index in [2.05, 4.69) is 0 Å². The van der Waals surface area contributed by atoms with Crippen LogP contribution in [0.3, 0.4) is 0 Å². The maximum atomic E-state index is 12.9. The molecule has 3 rings (SSSR count). The van der Waals surface area contributed by atoms with Crippen LogP contribution >= 0.6 is 11.8 Å². The van der Waals surface area contributed by atoms with Crippen LogP contribution in [0.1, 0.15) is 16.1 Å². The molecule has 1 atom stereocenters. The van der Waals surface area contributed by atoms with Crippen molar-refractivity contribution in [2.75, 3.05) is 39.4 Å². The summed E-state index contributed by atoms with van der Waals surface area (Å²) in [6.45, 7) is 0.540. The van der Waals surface area contributed by atoms with Crippen LogP contribution < -0.4 is 9.47 Å². The molecule has 150 valence electrons. The molecule has 0 N–H and O–H groups in total. The lowest BCUT2D eigenvalue weighted by molar-refractivity contribution is -0.133. The summed E-state index contributed by atoms with van der Waals surface area (Å²) >= 11 is 1.57. The van der Waals surface area contributed by atoms with Crippen molar-refractivity contribution in [2.24, 2.45) is 0 Å². The summed E-state index contributed by atoms with van der Waals surface area (Å²) < 4.78 is 15.8. The van der Waals surface area contributed by atoms with E-state index in [-0.39, 0.29) is 17.6 Å². The Bertz CT molecular complexity index is 824. The highest BCUT2D eigenvalue weighted by molar-refractivity contribution is 7.99. The van der Waals surface area contributed by atoms with Crippen LogP contribution in [-0.4, -0.2) is 67.1 Å². The van der Waals surface area contributed by atoms with Gasteiger partial charge in [0.05, 0.1) is 26.4 Å². The minimum Gasteiger partial charge on any atom is -0.493 e. The molecule has 1 aliphatic rings. The van der Waals surface area contributed by atoms with Gasteiger partial charge in [0.25, 0.3) is 5.91 Å². The molecule has 1 saturated heterocycles. The van der Waals surface area contributed by atoms with Crippen molar-refractivity contribution < 1.29 is 23.5 Å². The first-order valence-corrected chi connectivity index (χ1v) is 10.1. The van der Waals surface area contributed by atoms with Crippen LogP contribution in [0, 0.1) is 0 Å². The standard InChI is InChI=1S/C20H24N2O5S/c1-21(9-8-14-6-7-16(25-2)18(11-14)26-3)19(23)15-12-28-13-22(15)20(24)17-5-4-10-27-17/h4-7,10-11,15H,8-9,12-13H2,1-3H3. The number of carbonyl (C=O) groups excluding carboxylic acids is 2. The summed E-state index contributed by atoms with van der Waals surface area (Å²) in [5, 5.41) is 0. The minimum atomic E-state index is -0.474. The van der Waals surface area contributed by atoms with E-state index in [1.807, 2.05) is 18.2 Å². The van der Waals surface area contributed by atoms with Crippen LogP contribution in [0.5, 0.6) is 11.5 Å². The number of ether oxygens (including phenoxy) is 2. The van der Waals surface area contributed by atoms with Crippen molar-refractivity contribution in [3.8, 4) is 11.5 Å². The molecular weight excluding hydrogens is 380 g/mol. The minimum absolute atomic E-state index is 0.0645. The number of methoxy groups -OCH3 is 2. The number of hydrogen-bond donors (Lipinski definition) is 0. The second-order valence-electron chi connectivity index (χ2n) is 6.47. The number of furan rings is 1. The zero-order chi connectivity index (χ0) is 20.1. The molecule has 28 heavy (non-hydrogen) atoms. The van der Waals surface area contributed by atoms with Crippen LogP contribution in [0.2, 0.25) is 0 Å². The van der Waals surface area contributed by atoms with E-state index in [1.165, 1.54) is 6.26 Å². The molecule has 1 aromatic carbocycles. The largest absolute Gasteiger partial charge is 0.493 e. The summed E-state index contributed by atoms with van der Waals surface area (Å²) in [4.78, 5) is 28.8. The van der Waals surface area contributed by atoms with E-state index in [4.69, 9.17) is 13.9 Å². The Labute approximate surface area is 168 Å². The zero-order valence-electron chi connectivity index (χ0n) is 16.2. The highest BCUT2D eigenvalue weighted by Gasteiger charge is 2.37. The first kappa shape index (κ1) is 20.1. The lowest BCUT2D eigenvalue weighted by Crippen LogP contribution is -2.48. The number of hydrogen-bond acceptors (Lipinski definition) is 6. The maximum Gasteiger partial charge on any atom is 0.290 e. The highest BCUT2D eigenvalue weighted by atomic mass is 32.2. The van der Waals surface area contributed by atoms with Crippen molar-refractivity contribution in [2.45, 2.75) is 12.5 Å². The quantitative estimate of drug-likeness (QED) is 0.706. The van der Waals surface area contributed by atoms with Gasteiger partial charge in [0.2, 0.25) is 5.91 Å². The van der Waals surface area contributed by atoms with Crippen LogP contribution in [0.15, 0.2) is 41.0 Å². The fraction of sp³-hybridized carbons (Fsp3) is 0.400.